The third-order valence-corrected chi connectivity index (χ3v) is 23.9. The number of fused-ring (bicyclic) bond motifs is 2. The Morgan fingerprint density at radius 3 is 1.19 bits per heavy atom. The van der Waals surface area contributed by atoms with Crippen molar-refractivity contribution in [2.75, 3.05) is 14.2 Å². The Balaban J connectivity index is 0.000000156. The number of hydrogen-bond donors (Lipinski definition) is 0. The molecule has 0 heterocycles. The van der Waals surface area contributed by atoms with Crippen LogP contribution in [-0.2, 0) is 20.9 Å². The molecule has 0 unspecified atom stereocenters. The zero-order valence-electron chi connectivity index (χ0n) is 42.8. The molecule has 0 amide bonds. The first-order chi connectivity index (χ1) is 34.1. The Bertz CT molecular complexity index is 3100. The van der Waals surface area contributed by atoms with Gasteiger partial charge in [-0.2, -0.15) is 21.6 Å². The monoisotopic (exact) mass is 1010 g/mol. The van der Waals surface area contributed by atoms with Gasteiger partial charge in [0.2, 0.25) is 8.32 Å². The second-order valence-corrected chi connectivity index (χ2v) is 30.8. The summed E-state index contributed by atoms with van der Waals surface area (Å²) < 4.78 is 83.4. The molecule has 8 aliphatic rings. The van der Waals surface area contributed by atoms with E-state index in [1.807, 2.05) is 31.4 Å². The van der Waals surface area contributed by atoms with E-state index in [1.54, 1.807) is 19.2 Å². The molecule has 11 heteroatoms. The number of rotatable bonds is 10. The van der Waals surface area contributed by atoms with E-state index >= 15 is 0 Å². The second-order valence-electron chi connectivity index (χ2n) is 24.5. The molecule has 0 saturated heterocycles. The molecule has 6 aromatic rings. The SMILES string of the molecule is COc1ccc(-c2ccc3cc(OS(=O)(=O)C(F)(F)F)ccc3c2)cc1C12CC3CC(CC(C3)C1)C2.COc1ccc(-c2ccc3cc(O[Si](C)(C)C(C)(C)C)ccc3c2)cc1C12CC3CC(CC(C3)C1)C2. The van der Waals surface area contributed by atoms with Crippen LogP contribution in [0.25, 0.3) is 43.8 Å². The molecular formula is C61H69F3O6SSi. The molecule has 0 atom stereocenters. The summed E-state index contributed by atoms with van der Waals surface area (Å²) in [7, 11) is -3.99. The molecule has 8 bridgehead atoms. The van der Waals surface area contributed by atoms with Crippen molar-refractivity contribution in [3.05, 3.63) is 120 Å². The van der Waals surface area contributed by atoms with Gasteiger partial charge < -0.3 is 18.1 Å². The Morgan fingerprint density at radius 2 is 0.819 bits per heavy atom. The molecule has 14 rings (SSSR count). The molecule has 6 aromatic carbocycles. The highest BCUT2D eigenvalue weighted by molar-refractivity contribution is 7.88. The number of methoxy groups -OCH3 is 2. The van der Waals surface area contributed by atoms with Gasteiger partial charge in [-0.15, -0.1) is 0 Å². The molecule has 6 nitrogen and oxygen atoms in total. The summed E-state index contributed by atoms with van der Waals surface area (Å²) in [6.45, 7) is 11.5. The molecule has 72 heavy (non-hydrogen) atoms. The van der Waals surface area contributed by atoms with Crippen LogP contribution in [0.5, 0.6) is 23.0 Å². The van der Waals surface area contributed by atoms with Crippen molar-refractivity contribution in [1.82, 2.24) is 0 Å². The topological polar surface area (TPSA) is 71.1 Å². The van der Waals surface area contributed by atoms with E-state index in [0.717, 1.165) is 69.3 Å². The minimum absolute atomic E-state index is 0.170. The summed E-state index contributed by atoms with van der Waals surface area (Å²) >= 11 is 0. The lowest BCUT2D eigenvalue weighted by molar-refractivity contribution is -0.0500. The predicted molar refractivity (Wildman–Crippen MR) is 285 cm³/mol. The maximum Gasteiger partial charge on any atom is 0.534 e. The molecule has 0 N–H and O–H groups in total. The normalized spacial score (nSPS) is 27.4. The Hall–Kier alpha value is -5.00. The molecule has 0 radical (unpaired) electrons. The van der Waals surface area contributed by atoms with Crippen LogP contribution in [0, 0.1) is 35.5 Å². The van der Waals surface area contributed by atoms with Crippen LogP contribution in [-0.4, -0.2) is 36.5 Å². The van der Waals surface area contributed by atoms with Gasteiger partial charge in [-0.05, 0) is 246 Å². The first kappa shape index (κ1) is 49.2. The number of hydrogen-bond acceptors (Lipinski definition) is 6. The molecule has 380 valence electrons. The highest BCUT2D eigenvalue weighted by atomic mass is 32.2. The van der Waals surface area contributed by atoms with Crippen molar-refractivity contribution in [3.63, 3.8) is 0 Å². The van der Waals surface area contributed by atoms with Gasteiger partial charge in [-0.1, -0.05) is 69.3 Å². The summed E-state index contributed by atoms with van der Waals surface area (Å²) in [6, 6.07) is 36.5. The molecule has 8 saturated carbocycles. The van der Waals surface area contributed by atoms with E-state index in [4.69, 9.17) is 13.9 Å². The summed E-state index contributed by atoms with van der Waals surface area (Å²) in [4.78, 5) is 0. The fraction of sp³-hybridized carbons (Fsp3) is 0.475. The maximum absolute atomic E-state index is 12.7. The lowest BCUT2D eigenvalue weighted by atomic mass is 9.48. The van der Waals surface area contributed by atoms with E-state index in [0.29, 0.717) is 10.8 Å². The second kappa shape index (κ2) is 17.8. The fourth-order valence-corrected chi connectivity index (χ4v) is 16.5. The molecule has 0 spiro atoms. The summed E-state index contributed by atoms with van der Waals surface area (Å²) in [5.41, 5.74) is 2.42. The maximum atomic E-state index is 12.7. The number of benzene rings is 6. The molecule has 8 aliphatic carbocycles. The first-order valence-electron chi connectivity index (χ1n) is 26.3. The number of ether oxygens (including phenoxy) is 2. The van der Waals surface area contributed by atoms with Crippen LogP contribution < -0.4 is 18.1 Å². The van der Waals surface area contributed by atoms with Gasteiger partial charge >= 0.3 is 15.6 Å². The van der Waals surface area contributed by atoms with E-state index in [1.165, 1.54) is 122 Å². The Kier molecular flexibility index (Phi) is 12.2. The summed E-state index contributed by atoms with van der Waals surface area (Å²) in [6.07, 6.45) is 16.2. The summed E-state index contributed by atoms with van der Waals surface area (Å²) in [5, 5.41) is 4.06. The van der Waals surface area contributed by atoms with Gasteiger partial charge in [0.05, 0.1) is 14.2 Å². The van der Waals surface area contributed by atoms with Crippen molar-refractivity contribution in [2.24, 2.45) is 35.5 Å². The van der Waals surface area contributed by atoms with Crippen molar-refractivity contribution in [1.29, 1.82) is 0 Å². The first-order valence-corrected chi connectivity index (χ1v) is 30.6. The van der Waals surface area contributed by atoms with Gasteiger partial charge in [-0.3, -0.25) is 0 Å². The predicted octanol–water partition coefficient (Wildman–Crippen LogP) is 16.6. The summed E-state index contributed by atoms with van der Waals surface area (Å²) in [5.74, 6) is 7.85. The Labute approximate surface area is 425 Å². The quantitative estimate of drug-likeness (QED) is 0.0773. The van der Waals surface area contributed by atoms with Gasteiger partial charge in [0.25, 0.3) is 0 Å². The van der Waals surface area contributed by atoms with Crippen LogP contribution in [0.4, 0.5) is 13.2 Å². The van der Waals surface area contributed by atoms with Crippen LogP contribution in [0.1, 0.15) is 109 Å². The standard InChI is InChI=1S/C33H42O2Si.C28H27F3O4S/c1-32(2,3)36(5,6)35-29-11-9-26-16-25(7-8-27(26)17-29)28-10-12-31(34-4)30(18-28)33-19-22-13-23(20-33)15-24(14-22)21-33;1-34-26-7-5-23(13-25(26)27-14-17-8-18(15-27)10-19(9-17)16-27)20-2-3-22-12-24(6-4-21(22)11-20)35-36(32,33)28(29,30)31/h7-12,16-18,22-24H,13-15,19-21H2,1-6H3;2-7,11-13,17-19H,8-10,14-16H2,1H3. The van der Waals surface area contributed by atoms with Gasteiger partial charge in [-0.25, -0.2) is 0 Å². The van der Waals surface area contributed by atoms with Crippen LogP contribution >= 0.6 is 0 Å². The number of alkyl halides is 3. The molecule has 0 aromatic heterocycles. The zero-order chi connectivity index (χ0) is 50.6. The third-order valence-electron chi connectivity index (χ3n) is 18.6. The molecule has 0 aliphatic heterocycles. The van der Waals surface area contributed by atoms with Crippen molar-refractivity contribution >= 4 is 40.0 Å². The van der Waals surface area contributed by atoms with Crippen molar-refractivity contribution in [3.8, 4) is 45.3 Å². The van der Waals surface area contributed by atoms with Crippen molar-refractivity contribution in [2.45, 2.75) is 132 Å². The van der Waals surface area contributed by atoms with Crippen molar-refractivity contribution < 1.29 is 39.7 Å². The minimum atomic E-state index is -5.71. The molecule has 8 fully saturated rings. The van der Waals surface area contributed by atoms with Crippen LogP contribution in [0.3, 0.4) is 0 Å². The van der Waals surface area contributed by atoms with Gasteiger partial charge in [0.1, 0.15) is 23.0 Å². The fourth-order valence-electron chi connectivity index (χ4n) is 15.0. The van der Waals surface area contributed by atoms with E-state index in [9.17, 15) is 21.6 Å². The van der Waals surface area contributed by atoms with Gasteiger partial charge in [0, 0.05) is 11.1 Å². The largest absolute Gasteiger partial charge is 0.543 e. The van der Waals surface area contributed by atoms with E-state index in [-0.39, 0.29) is 16.2 Å². The number of halogens is 3. The smallest absolute Gasteiger partial charge is 0.534 e. The minimum Gasteiger partial charge on any atom is -0.543 e. The zero-order valence-corrected chi connectivity index (χ0v) is 44.6. The molecular weight excluding hydrogens is 946 g/mol. The van der Waals surface area contributed by atoms with Crippen LogP contribution in [0.2, 0.25) is 18.1 Å². The van der Waals surface area contributed by atoms with E-state index in [2.05, 4.69) is 98.7 Å². The lowest BCUT2D eigenvalue weighted by Gasteiger charge is -2.57. The van der Waals surface area contributed by atoms with Gasteiger partial charge in [0.15, 0.2) is 0 Å². The lowest BCUT2D eigenvalue weighted by Crippen LogP contribution is -2.48. The Morgan fingerprint density at radius 1 is 0.486 bits per heavy atom. The average molecular weight is 1020 g/mol. The van der Waals surface area contributed by atoms with Crippen LogP contribution in [0.15, 0.2) is 109 Å². The third kappa shape index (κ3) is 9.10. The highest BCUT2D eigenvalue weighted by Crippen LogP contribution is 2.63. The average Bonchev–Trinajstić information content (AvgIpc) is 3.32. The van der Waals surface area contributed by atoms with E-state index < -0.39 is 23.9 Å². The highest BCUT2D eigenvalue weighted by Gasteiger charge is 2.54.